The van der Waals surface area contributed by atoms with E-state index in [-0.39, 0.29) is 0 Å². The van der Waals surface area contributed by atoms with Gasteiger partial charge in [0.05, 0.1) is 25.6 Å². The molecule has 0 radical (unpaired) electrons. The Hall–Kier alpha value is -3.08. The highest BCUT2D eigenvalue weighted by molar-refractivity contribution is 5.69. The van der Waals surface area contributed by atoms with Crippen LogP contribution in [0.4, 0.5) is 11.5 Å². The molecule has 0 saturated heterocycles. The van der Waals surface area contributed by atoms with Crippen molar-refractivity contribution in [1.29, 1.82) is 0 Å². The van der Waals surface area contributed by atoms with Crippen molar-refractivity contribution in [3.8, 4) is 22.8 Å². The molecule has 1 aromatic heterocycles. The Bertz CT molecular complexity index is 894. The summed E-state index contributed by atoms with van der Waals surface area (Å²) < 4.78 is 10.7. The van der Waals surface area contributed by atoms with E-state index in [1.165, 1.54) is 5.56 Å². The highest BCUT2D eigenvalue weighted by Crippen LogP contribution is 2.31. The van der Waals surface area contributed by atoms with Gasteiger partial charge in [0.25, 0.3) is 0 Å². The van der Waals surface area contributed by atoms with E-state index in [1.54, 1.807) is 14.2 Å². The van der Waals surface area contributed by atoms with Crippen molar-refractivity contribution in [2.24, 2.45) is 0 Å². The van der Waals surface area contributed by atoms with E-state index < -0.39 is 0 Å². The van der Waals surface area contributed by atoms with Gasteiger partial charge in [-0.25, -0.2) is 9.97 Å². The normalized spacial score (nSPS) is 10.4. The first-order chi connectivity index (χ1) is 12.1. The lowest BCUT2D eigenvalue weighted by molar-refractivity contribution is 0.395. The second-order valence-electron chi connectivity index (χ2n) is 5.75. The number of benzene rings is 2. The highest BCUT2D eigenvalue weighted by atomic mass is 16.5. The summed E-state index contributed by atoms with van der Waals surface area (Å²) in [5, 5.41) is 3.31. The topological polar surface area (TPSA) is 56.3 Å². The van der Waals surface area contributed by atoms with Crippen LogP contribution < -0.4 is 14.8 Å². The molecular formula is C20H21N3O2. The van der Waals surface area contributed by atoms with Crippen molar-refractivity contribution >= 4 is 11.5 Å². The lowest BCUT2D eigenvalue weighted by atomic mass is 10.1. The van der Waals surface area contributed by atoms with E-state index in [0.717, 1.165) is 22.7 Å². The number of aromatic nitrogens is 2. The summed E-state index contributed by atoms with van der Waals surface area (Å²) in [5.41, 5.74) is 3.96. The Balaban J connectivity index is 1.96. The SMILES string of the molecule is COc1ccc(Nc2cc(-c3cccc(C)c3)nc(C)n2)c(OC)c1. The Morgan fingerprint density at radius 2 is 1.72 bits per heavy atom. The summed E-state index contributed by atoms with van der Waals surface area (Å²) in [4.78, 5) is 9.04. The van der Waals surface area contributed by atoms with Gasteiger partial charge in [0.2, 0.25) is 0 Å². The summed E-state index contributed by atoms with van der Waals surface area (Å²) in [6, 6.07) is 15.8. The number of aryl methyl sites for hydroxylation is 2. The molecule has 0 aliphatic heterocycles. The number of hydrogen-bond acceptors (Lipinski definition) is 5. The predicted octanol–water partition coefficient (Wildman–Crippen LogP) is 4.52. The summed E-state index contributed by atoms with van der Waals surface area (Å²) in [5.74, 6) is 2.84. The average Bonchev–Trinajstić information content (AvgIpc) is 2.61. The van der Waals surface area contributed by atoms with E-state index in [4.69, 9.17) is 9.47 Å². The van der Waals surface area contributed by atoms with Crippen molar-refractivity contribution in [2.75, 3.05) is 19.5 Å². The van der Waals surface area contributed by atoms with Crippen molar-refractivity contribution in [3.63, 3.8) is 0 Å². The van der Waals surface area contributed by atoms with Crippen LogP contribution in [-0.2, 0) is 0 Å². The van der Waals surface area contributed by atoms with Gasteiger partial charge in [0.1, 0.15) is 23.1 Å². The monoisotopic (exact) mass is 335 g/mol. The van der Waals surface area contributed by atoms with Crippen molar-refractivity contribution in [2.45, 2.75) is 13.8 Å². The van der Waals surface area contributed by atoms with E-state index >= 15 is 0 Å². The summed E-state index contributed by atoms with van der Waals surface area (Å²) in [7, 11) is 3.26. The Kier molecular flexibility index (Phi) is 4.84. The number of rotatable bonds is 5. The van der Waals surface area contributed by atoms with Crippen molar-refractivity contribution < 1.29 is 9.47 Å². The lowest BCUT2D eigenvalue weighted by Crippen LogP contribution is -2.01. The second-order valence-corrected chi connectivity index (χ2v) is 5.75. The standard InChI is InChI=1S/C20H21N3O2/c1-13-6-5-7-15(10-13)18-12-20(22-14(2)21-18)23-17-9-8-16(24-3)11-19(17)25-4/h5-12H,1-4H3,(H,21,22,23). The minimum Gasteiger partial charge on any atom is -0.497 e. The number of hydrogen-bond donors (Lipinski definition) is 1. The first kappa shape index (κ1) is 16.8. The highest BCUT2D eigenvalue weighted by Gasteiger charge is 2.09. The Labute approximate surface area is 147 Å². The fourth-order valence-electron chi connectivity index (χ4n) is 2.62. The molecule has 0 bridgehead atoms. The molecule has 128 valence electrons. The van der Waals surface area contributed by atoms with Crippen LogP contribution in [0.3, 0.4) is 0 Å². The summed E-state index contributed by atoms with van der Waals surface area (Å²) in [6.07, 6.45) is 0. The molecule has 0 unspecified atom stereocenters. The fourth-order valence-corrected chi connectivity index (χ4v) is 2.62. The largest absolute Gasteiger partial charge is 0.497 e. The zero-order valence-corrected chi connectivity index (χ0v) is 14.8. The van der Waals surface area contributed by atoms with Gasteiger partial charge in [-0.2, -0.15) is 0 Å². The molecule has 0 saturated carbocycles. The minimum absolute atomic E-state index is 0.688. The van der Waals surface area contributed by atoms with E-state index in [1.807, 2.05) is 43.3 Å². The summed E-state index contributed by atoms with van der Waals surface area (Å²) in [6.45, 7) is 3.95. The third kappa shape index (κ3) is 3.88. The average molecular weight is 335 g/mol. The quantitative estimate of drug-likeness (QED) is 0.743. The Morgan fingerprint density at radius 3 is 2.44 bits per heavy atom. The van der Waals surface area contributed by atoms with Crippen LogP contribution in [0.2, 0.25) is 0 Å². The third-order valence-corrected chi connectivity index (χ3v) is 3.82. The van der Waals surface area contributed by atoms with Gasteiger partial charge < -0.3 is 14.8 Å². The van der Waals surface area contributed by atoms with Crippen molar-refractivity contribution in [3.05, 3.63) is 59.9 Å². The number of nitrogens with one attached hydrogen (secondary N) is 1. The minimum atomic E-state index is 0.688. The van der Waals surface area contributed by atoms with Gasteiger partial charge in [0.15, 0.2) is 0 Å². The molecule has 5 heteroatoms. The zero-order valence-electron chi connectivity index (χ0n) is 14.8. The lowest BCUT2D eigenvalue weighted by Gasteiger charge is -2.13. The summed E-state index contributed by atoms with van der Waals surface area (Å²) >= 11 is 0. The van der Waals surface area contributed by atoms with Crippen LogP contribution in [0.25, 0.3) is 11.3 Å². The van der Waals surface area contributed by atoms with Crippen LogP contribution >= 0.6 is 0 Å². The number of nitrogens with zero attached hydrogens (tertiary/aromatic N) is 2. The molecule has 2 aromatic carbocycles. The molecular weight excluding hydrogens is 314 g/mol. The maximum absolute atomic E-state index is 5.43. The second kappa shape index (κ2) is 7.21. The van der Waals surface area contributed by atoms with Crippen LogP contribution in [0.15, 0.2) is 48.5 Å². The van der Waals surface area contributed by atoms with Crippen LogP contribution in [0.1, 0.15) is 11.4 Å². The molecule has 3 aromatic rings. The maximum Gasteiger partial charge on any atom is 0.146 e. The number of anilines is 2. The van der Waals surface area contributed by atoms with E-state index in [9.17, 15) is 0 Å². The molecule has 25 heavy (non-hydrogen) atoms. The van der Waals surface area contributed by atoms with Gasteiger partial charge in [-0.15, -0.1) is 0 Å². The van der Waals surface area contributed by atoms with Crippen LogP contribution in [0, 0.1) is 13.8 Å². The van der Waals surface area contributed by atoms with Gasteiger partial charge in [-0.1, -0.05) is 23.8 Å². The molecule has 0 spiro atoms. The van der Waals surface area contributed by atoms with Crippen LogP contribution in [0.5, 0.6) is 11.5 Å². The predicted molar refractivity (Wildman–Crippen MR) is 99.8 cm³/mol. The molecule has 0 atom stereocenters. The van der Waals surface area contributed by atoms with E-state index in [0.29, 0.717) is 17.4 Å². The third-order valence-electron chi connectivity index (χ3n) is 3.82. The molecule has 0 aliphatic rings. The number of ether oxygens (including phenoxy) is 2. The fraction of sp³-hybridized carbons (Fsp3) is 0.200. The smallest absolute Gasteiger partial charge is 0.146 e. The van der Waals surface area contributed by atoms with Gasteiger partial charge in [0, 0.05) is 17.7 Å². The molecule has 1 heterocycles. The molecule has 0 fully saturated rings. The molecule has 0 aliphatic carbocycles. The van der Waals surface area contributed by atoms with E-state index in [2.05, 4.69) is 34.3 Å². The van der Waals surface area contributed by atoms with Gasteiger partial charge >= 0.3 is 0 Å². The first-order valence-corrected chi connectivity index (χ1v) is 8.01. The van der Waals surface area contributed by atoms with Crippen LogP contribution in [-0.4, -0.2) is 24.2 Å². The molecule has 5 nitrogen and oxygen atoms in total. The molecule has 0 amide bonds. The molecule has 1 N–H and O–H groups in total. The van der Waals surface area contributed by atoms with Crippen molar-refractivity contribution in [1.82, 2.24) is 9.97 Å². The van der Waals surface area contributed by atoms with Gasteiger partial charge in [-0.05, 0) is 32.0 Å². The maximum atomic E-state index is 5.43. The number of methoxy groups -OCH3 is 2. The Morgan fingerprint density at radius 1 is 0.880 bits per heavy atom. The molecule has 3 rings (SSSR count). The zero-order chi connectivity index (χ0) is 17.8. The first-order valence-electron chi connectivity index (χ1n) is 8.01. The van der Waals surface area contributed by atoms with Gasteiger partial charge in [-0.3, -0.25) is 0 Å².